The highest BCUT2D eigenvalue weighted by atomic mass is 16.5. The fraction of sp³-hybridized carbons (Fsp3) is 0.600. The van der Waals surface area contributed by atoms with Crippen LogP contribution >= 0.6 is 0 Å². The highest BCUT2D eigenvalue weighted by Gasteiger charge is 2.12. The minimum Gasteiger partial charge on any atom is -0.496 e. The normalized spacial score (nSPS) is 12.7. The molecular formula is C15H24O4. The van der Waals surface area contributed by atoms with E-state index in [1.54, 1.807) is 7.11 Å². The van der Waals surface area contributed by atoms with Crippen LogP contribution in [0.4, 0.5) is 0 Å². The molecule has 0 aromatic heterocycles. The third kappa shape index (κ3) is 6.05. The van der Waals surface area contributed by atoms with Crippen LogP contribution in [-0.4, -0.2) is 38.6 Å². The van der Waals surface area contributed by atoms with E-state index in [1.165, 1.54) is 0 Å². The average molecular weight is 268 g/mol. The summed E-state index contributed by atoms with van der Waals surface area (Å²) in [7, 11) is 1.59. The largest absolute Gasteiger partial charge is 0.496 e. The molecule has 4 heteroatoms. The summed E-state index contributed by atoms with van der Waals surface area (Å²) in [6.45, 7) is 6.22. The van der Waals surface area contributed by atoms with Gasteiger partial charge in [0.1, 0.15) is 11.9 Å². The van der Waals surface area contributed by atoms with Crippen molar-refractivity contribution in [1.29, 1.82) is 0 Å². The molecule has 0 bridgehead atoms. The number of hydrogen-bond acceptors (Lipinski definition) is 4. The van der Waals surface area contributed by atoms with E-state index in [-0.39, 0.29) is 6.61 Å². The molecule has 0 heterocycles. The Bertz CT molecular complexity index is 352. The molecule has 108 valence electrons. The van der Waals surface area contributed by atoms with Gasteiger partial charge in [0.15, 0.2) is 0 Å². The number of methoxy groups -OCH3 is 1. The van der Waals surface area contributed by atoms with Gasteiger partial charge in [-0.3, -0.25) is 0 Å². The summed E-state index contributed by atoms with van der Waals surface area (Å²) in [4.78, 5) is 0. The maximum absolute atomic E-state index is 10.0. The molecule has 0 aliphatic heterocycles. The molecule has 0 spiro atoms. The molecule has 0 aliphatic carbocycles. The van der Waals surface area contributed by atoms with Crippen molar-refractivity contribution in [2.75, 3.05) is 33.5 Å². The van der Waals surface area contributed by atoms with Crippen LogP contribution in [0.3, 0.4) is 0 Å². The Morgan fingerprint density at radius 3 is 2.32 bits per heavy atom. The molecule has 19 heavy (non-hydrogen) atoms. The van der Waals surface area contributed by atoms with E-state index in [0.29, 0.717) is 24.9 Å². The van der Waals surface area contributed by atoms with Crippen molar-refractivity contribution in [3.05, 3.63) is 29.8 Å². The highest BCUT2D eigenvalue weighted by Crippen LogP contribution is 2.24. The molecule has 0 aliphatic rings. The quantitative estimate of drug-likeness (QED) is 0.699. The molecule has 1 unspecified atom stereocenters. The van der Waals surface area contributed by atoms with Crippen LogP contribution in [0, 0.1) is 5.92 Å². The number of ether oxygens (including phenoxy) is 3. The predicted octanol–water partition coefficient (Wildman–Crippen LogP) is 2.42. The lowest BCUT2D eigenvalue weighted by Crippen LogP contribution is -2.13. The SMILES string of the molecule is COc1ccccc1C(O)COCCOCC(C)C. The first kappa shape index (κ1) is 16.0. The number of para-hydroxylation sites is 1. The Kier molecular flexibility index (Phi) is 7.48. The fourth-order valence-electron chi connectivity index (χ4n) is 1.66. The van der Waals surface area contributed by atoms with Gasteiger partial charge in [0.25, 0.3) is 0 Å². The standard InChI is InChI=1S/C15H24O4/c1-12(2)10-18-8-9-19-11-14(16)13-6-4-5-7-15(13)17-3/h4-7,12,14,16H,8-11H2,1-3H3. The second-order valence-corrected chi connectivity index (χ2v) is 4.80. The Morgan fingerprint density at radius 1 is 1.05 bits per heavy atom. The molecule has 0 radical (unpaired) electrons. The zero-order valence-electron chi connectivity index (χ0n) is 12.0. The third-order valence-electron chi connectivity index (χ3n) is 2.60. The summed E-state index contributed by atoms with van der Waals surface area (Å²) in [6, 6.07) is 7.40. The van der Waals surface area contributed by atoms with Gasteiger partial charge < -0.3 is 19.3 Å². The zero-order valence-corrected chi connectivity index (χ0v) is 12.0. The van der Waals surface area contributed by atoms with E-state index < -0.39 is 6.10 Å². The molecule has 0 saturated carbocycles. The minimum atomic E-state index is -0.679. The molecule has 1 aromatic carbocycles. The van der Waals surface area contributed by atoms with Crippen LogP contribution in [0.2, 0.25) is 0 Å². The van der Waals surface area contributed by atoms with Crippen molar-refractivity contribution in [1.82, 2.24) is 0 Å². The van der Waals surface area contributed by atoms with Crippen molar-refractivity contribution >= 4 is 0 Å². The van der Waals surface area contributed by atoms with Crippen LogP contribution in [0.5, 0.6) is 5.75 Å². The van der Waals surface area contributed by atoms with E-state index in [1.807, 2.05) is 24.3 Å². The van der Waals surface area contributed by atoms with Crippen LogP contribution in [-0.2, 0) is 9.47 Å². The zero-order chi connectivity index (χ0) is 14.1. The van der Waals surface area contributed by atoms with Gasteiger partial charge in [0, 0.05) is 12.2 Å². The lowest BCUT2D eigenvalue weighted by atomic mass is 10.1. The van der Waals surface area contributed by atoms with Gasteiger partial charge in [-0.05, 0) is 12.0 Å². The second-order valence-electron chi connectivity index (χ2n) is 4.80. The first-order chi connectivity index (χ1) is 9.15. The molecule has 1 aromatic rings. The van der Waals surface area contributed by atoms with Gasteiger partial charge in [0.2, 0.25) is 0 Å². The minimum absolute atomic E-state index is 0.241. The molecule has 1 N–H and O–H groups in total. The molecule has 4 nitrogen and oxygen atoms in total. The lowest BCUT2D eigenvalue weighted by molar-refractivity contribution is -0.00179. The second kappa shape index (κ2) is 8.91. The Morgan fingerprint density at radius 2 is 1.68 bits per heavy atom. The summed E-state index contributed by atoms with van der Waals surface area (Å²) >= 11 is 0. The number of rotatable bonds is 9. The Labute approximate surface area is 115 Å². The monoisotopic (exact) mass is 268 g/mol. The summed E-state index contributed by atoms with van der Waals surface area (Å²) in [5.74, 6) is 1.20. The van der Waals surface area contributed by atoms with E-state index in [2.05, 4.69) is 13.8 Å². The van der Waals surface area contributed by atoms with Crippen LogP contribution < -0.4 is 4.74 Å². The number of benzene rings is 1. The summed E-state index contributed by atoms with van der Waals surface area (Å²) in [6.07, 6.45) is -0.679. The third-order valence-corrected chi connectivity index (χ3v) is 2.60. The molecule has 0 fully saturated rings. The summed E-state index contributed by atoms with van der Waals surface area (Å²) < 4.78 is 16.0. The van der Waals surface area contributed by atoms with Gasteiger partial charge >= 0.3 is 0 Å². The maximum atomic E-state index is 10.0. The van der Waals surface area contributed by atoms with Crippen molar-refractivity contribution in [3.63, 3.8) is 0 Å². The van der Waals surface area contributed by atoms with Gasteiger partial charge in [-0.1, -0.05) is 32.0 Å². The molecule has 1 atom stereocenters. The predicted molar refractivity (Wildman–Crippen MR) is 74.4 cm³/mol. The van der Waals surface area contributed by atoms with Crippen molar-refractivity contribution < 1.29 is 19.3 Å². The molecular weight excluding hydrogens is 244 g/mol. The van der Waals surface area contributed by atoms with Crippen LogP contribution in [0.15, 0.2) is 24.3 Å². The van der Waals surface area contributed by atoms with Gasteiger partial charge in [-0.15, -0.1) is 0 Å². The molecule has 1 rings (SSSR count). The van der Waals surface area contributed by atoms with Gasteiger partial charge in [0.05, 0.1) is 26.9 Å². The van der Waals surface area contributed by atoms with Crippen molar-refractivity contribution in [3.8, 4) is 5.75 Å². The van der Waals surface area contributed by atoms with E-state index in [4.69, 9.17) is 14.2 Å². The molecule has 0 amide bonds. The first-order valence-electron chi connectivity index (χ1n) is 6.61. The van der Waals surface area contributed by atoms with Crippen LogP contribution in [0.1, 0.15) is 25.5 Å². The van der Waals surface area contributed by atoms with E-state index in [0.717, 1.165) is 12.2 Å². The number of aliphatic hydroxyl groups is 1. The van der Waals surface area contributed by atoms with Gasteiger partial charge in [-0.2, -0.15) is 0 Å². The van der Waals surface area contributed by atoms with E-state index in [9.17, 15) is 5.11 Å². The lowest BCUT2D eigenvalue weighted by Gasteiger charge is -2.15. The van der Waals surface area contributed by atoms with Crippen molar-refractivity contribution in [2.45, 2.75) is 20.0 Å². The highest BCUT2D eigenvalue weighted by molar-refractivity contribution is 5.34. The summed E-state index contributed by atoms with van der Waals surface area (Å²) in [5.41, 5.74) is 0.744. The van der Waals surface area contributed by atoms with Crippen LogP contribution in [0.25, 0.3) is 0 Å². The Hall–Kier alpha value is -1.10. The molecule has 0 saturated heterocycles. The topological polar surface area (TPSA) is 47.9 Å². The average Bonchev–Trinajstić information content (AvgIpc) is 2.42. The Balaban J connectivity index is 2.25. The van der Waals surface area contributed by atoms with E-state index >= 15 is 0 Å². The number of hydrogen-bond donors (Lipinski definition) is 1. The maximum Gasteiger partial charge on any atom is 0.124 e. The summed E-state index contributed by atoms with van der Waals surface area (Å²) in [5, 5.41) is 10.0. The number of aliphatic hydroxyl groups excluding tert-OH is 1. The smallest absolute Gasteiger partial charge is 0.124 e. The fourth-order valence-corrected chi connectivity index (χ4v) is 1.66. The van der Waals surface area contributed by atoms with Gasteiger partial charge in [-0.25, -0.2) is 0 Å². The first-order valence-corrected chi connectivity index (χ1v) is 6.61. The van der Waals surface area contributed by atoms with Crippen molar-refractivity contribution in [2.24, 2.45) is 5.92 Å².